The molecule has 0 amide bonds. The molecule has 0 aliphatic heterocycles. The Hall–Kier alpha value is -2.63. The van der Waals surface area contributed by atoms with Gasteiger partial charge in [0.25, 0.3) is 0 Å². The zero-order valence-electron chi connectivity index (χ0n) is 40.4. The van der Waals surface area contributed by atoms with Crippen LogP contribution >= 0.6 is 0 Å². The summed E-state index contributed by atoms with van der Waals surface area (Å²) in [5.41, 5.74) is 0. The molecule has 0 saturated carbocycles. The standard InChI is InChI=1S/C55H98O6/c1-4-7-10-13-16-19-21-23-25-26-27-28-30-31-33-36-39-42-45-48-54(57)60-51-52(50-59-53(56)47-44-41-38-35-18-15-12-9-6-3)61-55(58)49-46-43-40-37-34-32-29-24-22-20-17-14-11-8-5-2/h8,11,14,17,20,22,35,38,52H,4-7,9-10,12-13,15-16,18-19,21,23-34,36-37,39-51H2,1-3H3/b11-8-,17-14-,22-20-,38-35-. The van der Waals surface area contributed by atoms with Gasteiger partial charge in [-0.25, -0.2) is 0 Å². The first-order valence-electron chi connectivity index (χ1n) is 26.2. The molecule has 0 bridgehead atoms. The summed E-state index contributed by atoms with van der Waals surface area (Å²) < 4.78 is 16.7. The summed E-state index contributed by atoms with van der Waals surface area (Å²) in [6.45, 7) is 6.46. The smallest absolute Gasteiger partial charge is 0.306 e. The van der Waals surface area contributed by atoms with Crippen LogP contribution in [0.3, 0.4) is 0 Å². The lowest BCUT2D eigenvalue weighted by atomic mass is 10.0. The second-order valence-electron chi connectivity index (χ2n) is 17.5. The van der Waals surface area contributed by atoms with Crippen molar-refractivity contribution in [1.29, 1.82) is 0 Å². The van der Waals surface area contributed by atoms with Crippen LogP contribution in [0.2, 0.25) is 0 Å². The van der Waals surface area contributed by atoms with Gasteiger partial charge in [-0.15, -0.1) is 0 Å². The maximum Gasteiger partial charge on any atom is 0.306 e. The first-order valence-corrected chi connectivity index (χ1v) is 26.2. The second-order valence-corrected chi connectivity index (χ2v) is 17.5. The van der Waals surface area contributed by atoms with Crippen molar-refractivity contribution in [3.63, 3.8) is 0 Å². The molecule has 0 heterocycles. The molecule has 6 heteroatoms. The van der Waals surface area contributed by atoms with Gasteiger partial charge in [0.05, 0.1) is 0 Å². The van der Waals surface area contributed by atoms with E-state index < -0.39 is 6.10 Å². The zero-order valence-corrected chi connectivity index (χ0v) is 40.4. The first-order chi connectivity index (χ1) is 30.0. The van der Waals surface area contributed by atoms with Gasteiger partial charge in [-0.2, -0.15) is 0 Å². The summed E-state index contributed by atoms with van der Waals surface area (Å²) >= 11 is 0. The van der Waals surface area contributed by atoms with Crippen LogP contribution in [0.15, 0.2) is 48.6 Å². The zero-order chi connectivity index (χ0) is 44.4. The average Bonchev–Trinajstić information content (AvgIpc) is 3.26. The van der Waals surface area contributed by atoms with E-state index >= 15 is 0 Å². The van der Waals surface area contributed by atoms with Crippen LogP contribution in [0.1, 0.15) is 265 Å². The van der Waals surface area contributed by atoms with Crippen LogP contribution < -0.4 is 0 Å². The highest BCUT2D eigenvalue weighted by molar-refractivity contribution is 5.71. The molecule has 61 heavy (non-hydrogen) atoms. The van der Waals surface area contributed by atoms with E-state index in [9.17, 15) is 14.4 Å². The van der Waals surface area contributed by atoms with Crippen molar-refractivity contribution in [2.45, 2.75) is 271 Å². The van der Waals surface area contributed by atoms with Crippen molar-refractivity contribution in [2.24, 2.45) is 0 Å². The SMILES string of the molecule is CC\C=C/C=C\C=C/CCCCCCCCCC(=O)OC(COC(=O)CCC/C=C\CCCCCC)COC(=O)CCCCCCCCCCCCCCCCCCCCC. The fraction of sp³-hybridized carbons (Fsp3) is 0.800. The predicted molar refractivity (Wildman–Crippen MR) is 261 cm³/mol. The van der Waals surface area contributed by atoms with Gasteiger partial charge < -0.3 is 14.2 Å². The maximum absolute atomic E-state index is 12.8. The van der Waals surface area contributed by atoms with E-state index in [1.807, 2.05) is 0 Å². The lowest BCUT2D eigenvalue weighted by Gasteiger charge is -2.18. The van der Waals surface area contributed by atoms with Crippen molar-refractivity contribution in [3.05, 3.63) is 48.6 Å². The molecule has 0 aromatic carbocycles. The molecule has 0 aliphatic rings. The molecule has 0 aromatic heterocycles. The average molecular weight is 855 g/mol. The number of rotatable bonds is 47. The van der Waals surface area contributed by atoms with Crippen LogP contribution in [0, 0.1) is 0 Å². The second kappa shape index (κ2) is 50.0. The highest BCUT2D eigenvalue weighted by Gasteiger charge is 2.19. The van der Waals surface area contributed by atoms with Crippen molar-refractivity contribution >= 4 is 17.9 Å². The minimum atomic E-state index is -0.786. The third-order valence-corrected chi connectivity index (χ3v) is 11.4. The van der Waals surface area contributed by atoms with E-state index in [-0.39, 0.29) is 31.1 Å². The summed E-state index contributed by atoms with van der Waals surface area (Å²) in [7, 11) is 0. The minimum Gasteiger partial charge on any atom is -0.462 e. The number of unbranched alkanes of at least 4 members (excludes halogenated alkanes) is 30. The maximum atomic E-state index is 12.8. The molecule has 6 nitrogen and oxygen atoms in total. The Morgan fingerprint density at radius 2 is 0.672 bits per heavy atom. The highest BCUT2D eigenvalue weighted by atomic mass is 16.6. The highest BCUT2D eigenvalue weighted by Crippen LogP contribution is 2.16. The molecular weight excluding hydrogens is 757 g/mol. The molecule has 0 fully saturated rings. The fourth-order valence-corrected chi connectivity index (χ4v) is 7.45. The summed E-state index contributed by atoms with van der Waals surface area (Å²) in [5.74, 6) is -0.926. The number of allylic oxidation sites excluding steroid dienone is 8. The monoisotopic (exact) mass is 855 g/mol. The number of carbonyl (C=O) groups is 3. The number of hydrogen-bond donors (Lipinski definition) is 0. The van der Waals surface area contributed by atoms with Crippen molar-refractivity contribution < 1.29 is 28.6 Å². The van der Waals surface area contributed by atoms with Crippen molar-refractivity contribution in [2.75, 3.05) is 13.2 Å². The van der Waals surface area contributed by atoms with Gasteiger partial charge >= 0.3 is 17.9 Å². The molecule has 0 aromatic rings. The normalized spacial score (nSPS) is 12.4. The molecule has 1 unspecified atom stereocenters. The fourth-order valence-electron chi connectivity index (χ4n) is 7.45. The van der Waals surface area contributed by atoms with Crippen LogP contribution in [-0.2, 0) is 28.6 Å². The molecule has 0 N–H and O–H groups in total. The Balaban J connectivity index is 4.29. The van der Waals surface area contributed by atoms with Gasteiger partial charge in [-0.05, 0) is 57.8 Å². The minimum absolute atomic E-state index is 0.0842. The van der Waals surface area contributed by atoms with Gasteiger partial charge in [0.1, 0.15) is 13.2 Å². The molecule has 0 spiro atoms. The van der Waals surface area contributed by atoms with E-state index in [1.54, 1.807) is 0 Å². The van der Waals surface area contributed by atoms with Gasteiger partial charge in [-0.1, -0.05) is 236 Å². The van der Waals surface area contributed by atoms with E-state index in [4.69, 9.17) is 14.2 Å². The molecule has 1 atom stereocenters. The van der Waals surface area contributed by atoms with E-state index in [0.29, 0.717) is 19.3 Å². The number of ether oxygens (including phenoxy) is 3. The van der Waals surface area contributed by atoms with Gasteiger partial charge in [-0.3, -0.25) is 14.4 Å². The Bertz CT molecular complexity index is 1070. The van der Waals surface area contributed by atoms with Gasteiger partial charge in [0, 0.05) is 19.3 Å². The van der Waals surface area contributed by atoms with E-state index in [0.717, 1.165) is 70.6 Å². The van der Waals surface area contributed by atoms with Crippen molar-refractivity contribution in [1.82, 2.24) is 0 Å². The Labute approximate surface area is 378 Å². The van der Waals surface area contributed by atoms with Crippen molar-refractivity contribution in [3.8, 4) is 0 Å². The molecule has 354 valence electrons. The van der Waals surface area contributed by atoms with Crippen LogP contribution in [0.25, 0.3) is 0 Å². The Kier molecular flexibility index (Phi) is 47.9. The molecule has 0 radical (unpaired) electrons. The quantitative estimate of drug-likeness (QED) is 0.0199. The summed E-state index contributed by atoms with van der Waals surface area (Å²) in [5, 5.41) is 0. The summed E-state index contributed by atoms with van der Waals surface area (Å²) in [4.78, 5) is 37.9. The van der Waals surface area contributed by atoms with E-state index in [2.05, 4.69) is 69.4 Å². The topological polar surface area (TPSA) is 78.9 Å². The third-order valence-electron chi connectivity index (χ3n) is 11.4. The molecule has 0 rings (SSSR count). The number of esters is 3. The van der Waals surface area contributed by atoms with Crippen LogP contribution in [0.5, 0.6) is 0 Å². The third kappa shape index (κ3) is 48.3. The Morgan fingerprint density at radius 3 is 1.11 bits per heavy atom. The molecule has 0 aliphatic carbocycles. The van der Waals surface area contributed by atoms with E-state index in [1.165, 1.54) is 154 Å². The van der Waals surface area contributed by atoms with Crippen LogP contribution in [-0.4, -0.2) is 37.2 Å². The first kappa shape index (κ1) is 58.4. The molecular formula is C55H98O6. The van der Waals surface area contributed by atoms with Gasteiger partial charge in [0.2, 0.25) is 0 Å². The summed E-state index contributed by atoms with van der Waals surface area (Å²) in [6.07, 6.45) is 59.7. The molecule has 0 saturated heterocycles. The number of hydrogen-bond acceptors (Lipinski definition) is 6. The Morgan fingerprint density at radius 1 is 0.344 bits per heavy atom. The van der Waals surface area contributed by atoms with Gasteiger partial charge in [0.15, 0.2) is 6.10 Å². The van der Waals surface area contributed by atoms with Crippen LogP contribution in [0.4, 0.5) is 0 Å². The lowest BCUT2D eigenvalue weighted by molar-refractivity contribution is -0.167. The summed E-state index contributed by atoms with van der Waals surface area (Å²) in [6, 6.07) is 0. The predicted octanol–water partition coefficient (Wildman–Crippen LogP) is 17.1. The number of carbonyl (C=O) groups excluding carboxylic acids is 3. The lowest BCUT2D eigenvalue weighted by Crippen LogP contribution is -2.30. The largest absolute Gasteiger partial charge is 0.462 e.